The van der Waals surface area contributed by atoms with E-state index in [9.17, 15) is 4.79 Å². The first kappa shape index (κ1) is 9.86. The number of hydrogen-bond acceptors (Lipinski definition) is 4. The Bertz CT molecular complexity index is 568. The van der Waals surface area contributed by atoms with E-state index in [0.717, 1.165) is 4.68 Å². The van der Waals surface area contributed by atoms with Gasteiger partial charge in [-0.2, -0.15) is 10.4 Å². The normalized spacial score (nSPS) is 9.69. The lowest BCUT2D eigenvalue weighted by Gasteiger charge is -2.01. The van der Waals surface area contributed by atoms with Crippen LogP contribution < -0.4 is 0 Å². The van der Waals surface area contributed by atoms with Crippen LogP contribution in [0.2, 0.25) is 0 Å². The zero-order valence-corrected chi connectivity index (χ0v) is 8.03. The topological polar surface area (TPSA) is 91.8 Å². The quantitative estimate of drug-likeness (QED) is 0.799. The third-order valence-electron chi connectivity index (χ3n) is 1.91. The predicted octanol–water partition coefficient (Wildman–Crippen LogP) is 0.837. The maximum absolute atomic E-state index is 10.9. The lowest BCUT2D eigenvalue weighted by Crippen LogP contribution is -2.08. The van der Waals surface area contributed by atoms with E-state index in [2.05, 4.69) is 10.1 Å². The van der Waals surface area contributed by atoms with Gasteiger partial charge in [0, 0.05) is 12.3 Å². The van der Waals surface area contributed by atoms with E-state index < -0.39 is 5.97 Å². The minimum Gasteiger partial charge on any atom is -0.477 e. The Labute approximate surface area is 90.4 Å². The van der Waals surface area contributed by atoms with Crippen LogP contribution in [0.1, 0.15) is 16.2 Å². The highest BCUT2D eigenvalue weighted by molar-refractivity contribution is 5.86. The standard InChI is InChI=1S/C10H6N4O2/c11-6-7-5-8(10(15)16)14(13-7)9-3-1-2-4-12-9/h1-5H,(H,15,16). The highest BCUT2D eigenvalue weighted by Gasteiger charge is 2.15. The van der Waals surface area contributed by atoms with Gasteiger partial charge in [-0.3, -0.25) is 0 Å². The van der Waals surface area contributed by atoms with Crippen molar-refractivity contribution >= 4 is 5.97 Å². The lowest BCUT2D eigenvalue weighted by molar-refractivity contribution is 0.0687. The van der Waals surface area contributed by atoms with E-state index in [1.54, 1.807) is 24.3 Å². The second-order valence-electron chi connectivity index (χ2n) is 2.93. The van der Waals surface area contributed by atoms with Gasteiger partial charge in [0.05, 0.1) is 0 Å². The smallest absolute Gasteiger partial charge is 0.354 e. The molecule has 0 bridgehead atoms. The Balaban J connectivity index is 2.61. The van der Waals surface area contributed by atoms with Crippen molar-refractivity contribution < 1.29 is 9.90 Å². The minimum atomic E-state index is -1.15. The molecule has 0 radical (unpaired) electrons. The van der Waals surface area contributed by atoms with E-state index >= 15 is 0 Å². The van der Waals surface area contributed by atoms with Crippen LogP contribution in [0, 0.1) is 11.3 Å². The van der Waals surface area contributed by atoms with Crippen molar-refractivity contribution in [2.75, 3.05) is 0 Å². The zero-order valence-electron chi connectivity index (χ0n) is 8.03. The Kier molecular flexibility index (Phi) is 2.36. The molecular formula is C10H6N4O2. The van der Waals surface area contributed by atoms with Gasteiger partial charge in [-0.15, -0.1) is 0 Å². The number of aromatic carboxylic acids is 1. The van der Waals surface area contributed by atoms with Crippen molar-refractivity contribution in [1.29, 1.82) is 5.26 Å². The third kappa shape index (κ3) is 1.62. The molecule has 0 unspecified atom stereocenters. The Hall–Kier alpha value is -2.68. The van der Waals surface area contributed by atoms with Crippen molar-refractivity contribution in [3.05, 3.63) is 41.9 Å². The molecule has 0 atom stereocenters. The molecule has 0 amide bonds. The molecule has 0 aliphatic rings. The molecule has 2 heterocycles. The van der Waals surface area contributed by atoms with E-state index in [0.29, 0.717) is 5.82 Å². The summed E-state index contributed by atoms with van der Waals surface area (Å²) >= 11 is 0. The number of nitriles is 1. The summed E-state index contributed by atoms with van der Waals surface area (Å²) in [6, 6.07) is 8.02. The number of aromatic nitrogens is 3. The van der Waals surface area contributed by atoms with Crippen molar-refractivity contribution in [2.45, 2.75) is 0 Å². The maximum Gasteiger partial charge on any atom is 0.354 e. The van der Waals surface area contributed by atoms with Crippen LogP contribution in [-0.2, 0) is 0 Å². The number of carboxylic acids is 1. The highest BCUT2D eigenvalue weighted by atomic mass is 16.4. The molecule has 0 aliphatic carbocycles. The highest BCUT2D eigenvalue weighted by Crippen LogP contribution is 2.09. The molecule has 6 nitrogen and oxygen atoms in total. The van der Waals surface area contributed by atoms with Crippen LogP contribution in [0.5, 0.6) is 0 Å². The first-order valence-corrected chi connectivity index (χ1v) is 4.37. The SMILES string of the molecule is N#Cc1cc(C(=O)O)n(-c2ccccn2)n1. The molecule has 2 aromatic rings. The zero-order chi connectivity index (χ0) is 11.5. The molecule has 0 spiro atoms. The Morgan fingerprint density at radius 1 is 1.50 bits per heavy atom. The van der Waals surface area contributed by atoms with Gasteiger partial charge in [-0.25, -0.2) is 14.5 Å². The molecule has 0 saturated carbocycles. The summed E-state index contributed by atoms with van der Waals surface area (Å²) in [6.45, 7) is 0. The summed E-state index contributed by atoms with van der Waals surface area (Å²) in [6.07, 6.45) is 1.52. The minimum absolute atomic E-state index is 0.0445. The second kappa shape index (κ2) is 3.82. The molecular weight excluding hydrogens is 208 g/mol. The number of hydrogen-bond donors (Lipinski definition) is 1. The summed E-state index contributed by atoms with van der Waals surface area (Å²) in [5.41, 5.74) is -0.0432. The van der Waals surface area contributed by atoms with Crippen LogP contribution in [0.3, 0.4) is 0 Å². The number of carboxylic acid groups (broad SMARTS) is 1. The van der Waals surface area contributed by atoms with Gasteiger partial charge in [0.1, 0.15) is 6.07 Å². The van der Waals surface area contributed by atoms with Gasteiger partial charge in [0.25, 0.3) is 0 Å². The van der Waals surface area contributed by atoms with Gasteiger partial charge in [-0.1, -0.05) is 6.07 Å². The number of pyridine rings is 1. The van der Waals surface area contributed by atoms with E-state index in [1.807, 2.05) is 0 Å². The molecule has 78 valence electrons. The Morgan fingerprint density at radius 2 is 2.31 bits per heavy atom. The molecule has 16 heavy (non-hydrogen) atoms. The average molecular weight is 214 g/mol. The van der Waals surface area contributed by atoms with Crippen molar-refractivity contribution in [3.63, 3.8) is 0 Å². The molecule has 6 heteroatoms. The lowest BCUT2D eigenvalue weighted by atomic mass is 10.3. The van der Waals surface area contributed by atoms with Crippen LogP contribution >= 0.6 is 0 Å². The van der Waals surface area contributed by atoms with E-state index in [-0.39, 0.29) is 11.4 Å². The molecule has 0 aliphatic heterocycles. The summed E-state index contributed by atoms with van der Waals surface area (Å²) < 4.78 is 1.13. The number of carbonyl (C=O) groups is 1. The van der Waals surface area contributed by atoms with Crippen LogP contribution in [-0.4, -0.2) is 25.8 Å². The summed E-state index contributed by atoms with van der Waals surface area (Å²) in [7, 11) is 0. The van der Waals surface area contributed by atoms with Gasteiger partial charge in [0.2, 0.25) is 0 Å². The monoisotopic (exact) mass is 214 g/mol. The second-order valence-corrected chi connectivity index (χ2v) is 2.93. The summed E-state index contributed by atoms with van der Waals surface area (Å²) in [5, 5.41) is 21.4. The average Bonchev–Trinajstić information content (AvgIpc) is 2.74. The van der Waals surface area contributed by atoms with Crippen LogP contribution in [0.15, 0.2) is 30.5 Å². The van der Waals surface area contributed by atoms with Gasteiger partial charge >= 0.3 is 5.97 Å². The van der Waals surface area contributed by atoms with Crippen molar-refractivity contribution in [2.24, 2.45) is 0 Å². The first-order valence-electron chi connectivity index (χ1n) is 4.37. The Morgan fingerprint density at radius 3 is 2.88 bits per heavy atom. The molecule has 0 saturated heterocycles. The summed E-state index contributed by atoms with van der Waals surface area (Å²) in [4.78, 5) is 14.9. The van der Waals surface area contributed by atoms with Gasteiger partial charge in [0.15, 0.2) is 17.2 Å². The van der Waals surface area contributed by atoms with Crippen molar-refractivity contribution in [3.8, 4) is 11.9 Å². The van der Waals surface area contributed by atoms with Crippen molar-refractivity contribution in [1.82, 2.24) is 14.8 Å². The van der Waals surface area contributed by atoms with Crippen LogP contribution in [0.4, 0.5) is 0 Å². The first-order chi connectivity index (χ1) is 7.72. The fourth-order valence-electron chi connectivity index (χ4n) is 1.24. The number of rotatable bonds is 2. The fourth-order valence-corrected chi connectivity index (χ4v) is 1.24. The summed E-state index contributed by atoms with van der Waals surface area (Å²) in [5.74, 6) is -0.791. The molecule has 2 aromatic heterocycles. The third-order valence-corrected chi connectivity index (χ3v) is 1.91. The molecule has 1 N–H and O–H groups in total. The maximum atomic E-state index is 10.9. The fraction of sp³-hybridized carbons (Fsp3) is 0. The largest absolute Gasteiger partial charge is 0.477 e. The van der Waals surface area contributed by atoms with Crippen LogP contribution in [0.25, 0.3) is 5.82 Å². The number of nitrogens with zero attached hydrogens (tertiary/aromatic N) is 4. The predicted molar refractivity (Wildman–Crippen MR) is 53.0 cm³/mol. The molecule has 0 aromatic carbocycles. The molecule has 2 rings (SSSR count). The van der Waals surface area contributed by atoms with Gasteiger partial charge < -0.3 is 5.11 Å². The van der Waals surface area contributed by atoms with E-state index in [4.69, 9.17) is 10.4 Å². The molecule has 0 fully saturated rings. The van der Waals surface area contributed by atoms with Gasteiger partial charge in [-0.05, 0) is 12.1 Å². The van der Waals surface area contributed by atoms with E-state index in [1.165, 1.54) is 12.3 Å².